The highest BCUT2D eigenvalue weighted by molar-refractivity contribution is 5.91. The average molecular weight is 432 g/mol. The van der Waals surface area contributed by atoms with Crippen molar-refractivity contribution < 1.29 is 64.5 Å². The predicted molar refractivity (Wildman–Crippen MR) is 70.3 cm³/mol. The zero-order valence-electron chi connectivity index (χ0n) is 13.7. The number of carboxylic acids is 2. The van der Waals surface area contributed by atoms with Gasteiger partial charge in [0.2, 0.25) is 0 Å². The molecule has 162 valence electrons. The van der Waals surface area contributed by atoms with Crippen LogP contribution in [-0.2, 0) is 19.2 Å². The average Bonchev–Trinajstić information content (AvgIpc) is 2.53. The first kappa shape index (κ1) is 25.3. The van der Waals surface area contributed by atoms with Gasteiger partial charge < -0.3 is 20.8 Å². The van der Waals surface area contributed by atoms with Crippen LogP contribution in [-0.4, -0.2) is 69.7 Å². The van der Waals surface area contributed by atoms with Crippen LogP contribution in [0.2, 0.25) is 0 Å². The first-order valence-corrected chi connectivity index (χ1v) is 6.83. The number of carbonyl (C=O) groups excluding carboxylic acids is 2. The number of alkyl halides is 8. The van der Waals surface area contributed by atoms with E-state index in [9.17, 15) is 54.3 Å². The van der Waals surface area contributed by atoms with E-state index in [4.69, 9.17) is 10.2 Å². The molecule has 0 aliphatic rings. The van der Waals surface area contributed by atoms with Crippen LogP contribution in [0.3, 0.4) is 0 Å². The first-order chi connectivity index (χ1) is 12.2. The Hall–Kier alpha value is -2.68. The van der Waals surface area contributed by atoms with Gasteiger partial charge in [-0.1, -0.05) is 0 Å². The van der Waals surface area contributed by atoms with Gasteiger partial charge in [0.05, 0.1) is 0 Å². The van der Waals surface area contributed by atoms with Gasteiger partial charge in [-0.05, 0) is 13.8 Å². The summed E-state index contributed by atoms with van der Waals surface area (Å²) in [6, 6.07) is -4.58. The lowest BCUT2D eigenvalue weighted by atomic mass is 9.97. The number of carboxylic acid groups (broad SMARTS) is 2. The summed E-state index contributed by atoms with van der Waals surface area (Å²) in [6.45, 7) is 0.948. The molecule has 0 unspecified atom stereocenters. The number of hydrogen-bond donors (Lipinski definition) is 4. The van der Waals surface area contributed by atoms with Crippen LogP contribution in [0.1, 0.15) is 13.8 Å². The molecule has 2 amide bonds. The zero-order valence-corrected chi connectivity index (χ0v) is 13.7. The molecule has 0 saturated carbocycles. The van der Waals surface area contributed by atoms with Gasteiger partial charge in [-0.25, -0.2) is 0 Å². The second-order valence-corrected chi connectivity index (χ2v) is 5.36. The number of hydrogen-bond acceptors (Lipinski definition) is 4. The zero-order chi connectivity index (χ0) is 22.9. The van der Waals surface area contributed by atoms with Crippen LogP contribution >= 0.6 is 0 Å². The largest absolute Gasteiger partial charge is 0.480 e. The lowest BCUT2D eigenvalue weighted by molar-refractivity contribution is -0.347. The number of rotatable bonds is 9. The smallest absolute Gasteiger partial charge is 0.392 e. The first-order valence-electron chi connectivity index (χ1n) is 6.83. The molecule has 0 aliphatic carbocycles. The molecule has 28 heavy (non-hydrogen) atoms. The van der Waals surface area contributed by atoms with Crippen molar-refractivity contribution in [3.05, 3.63) is 0 Å². The molecule has 0 aromatic heterocycles. The highest BCUT2D eigenvalue weighted by atomic mass is 19.4. The second-order valence-electron chi connectivity index (χ2n) is 5.36. The van der Waals surface area contributed by atoms with Gasteiger partial charge in [0.25, 0.3) is 11.8 Å². The molecule has 0 bridgehead atoms. The quantitative estimate of drug-likeness (QED) is 0.397. The van der Waals surface area contributed by atoms with Crippen LogP contribution in [0.25, 0.3) is 0 Å². The normalized spacial score (nSPS) is 15.4. The summed E-state index contributed by atoms with van der Waals surface area (Å²) in [5, 5.41) is 18.1. The standard InChI is InChI=1S/C12H12F8N2O6/c1-3(5(23)24)21-7(27)9(13,14)11(17,18)12(19,20)10(15,16)8(28)22-4(2)6(25)26/h3-4H,1-2H3,(H,21,27)(H,22,28)(H,23,24)(H,25,26)/t3-,4+. The minimum Gasteiger partial charge on any atom is -0.480 e. The number of nitrogens with one attached hydrogen (secondary N) is 2. The van der Waals surface area contributed by atoms with Crippen molar-refractivity contribution in [2.45, 2.75) is 49.6 Å². The third-order valence-electron chi connectivity index (χ3n) is 3.19. The summed E-state index contributed by atoms with van der Waals surface area (Å²) in [5.74, 6) is -38.3. The Balaban J connectivity index is 5.93. The molecule has 0 fully saturated rings. The molecule has 0 aromatic carbocycles. The molecule has 8 nitrogen and oxygen atoms in total. The summed E-state index contributed by atoms with van der Waals surface area (Å²) in [4.78, 5) is 42.9. The van der Waals surface area contributed by atoms with E-state index >= 15 is 0 Å². The Morgan fingerprint density at radius 2 is 0.857 bits per heavy atom. The number of amides is 2. The van der Waals surface area contributed by atoms with Gasteiger partial charge in [-0.15, -0.1) is 0 Å². The molecule has 0 aromatic rings. The molecular weight excluding hydrogens is 420 g/mol. The van der Waals surface area contributed by atoms with Gasteiger partial charge in [0.15, 0.2) is 0 Å². The van der Waals surface area contributed by atoms with Crippen molar-refractivity contribution in [1.82, 2.24) is 10.6 Å². The maximum absolute atomic E-state index is 13.5. The van der Waals surface area contributed by atoms with Crippen LogP contribution < -0.4 is 10.6 Å². The molecular formula is C12H12F8N2O6. The third-order valence-corrected chi connectivity index (χ3v) is 3.19. The van der Waals surface area contributed by atoms with Crippen molar-refractivity contribution in [3.63, 3.8) is 0 Å². The summed E-state index contributed by atoms with van der Waals surface area (Å²) >= 11 is 0. The Morgan fingerprint density at radius 3 is 1.04 bits per heavy atom. The highest BCUT2D eigenvalue weighted by Crippen LogP contribution is 2.52. The topological polar surface area (TPSA) is 133 Å². The predicted octanol–water partition coefficient (Wildman–Crippen LogP) is 0.706. The maximum atomic E-state index is 13.5. The minimum absolute atomic E-state index is 0.474. The monoisotopic (exact) mass is 432 g/mol. The van der Waals surface area contributed by atoms with E-state index in [1.807, 2.05) is 0 Å². The van der Waals surface area contributed by atoms with Crippen LogP contribution in [0.4, 0.5) is 35.1 Å². The second kappa shape index (κ2) is 7.75. The van der Waals surface area contributed by atoms with Gasteiger partial charge in [0.1, 0.15) is 12.1 Å². The fourth-order valence-corrected chi connectivity index (χ4v) is 1.38. The SMILES string of the molecule is C[C@H](NC(=O)C(F)(F)C(F)(F)C(F)(F)C(F)(F)C(=O)N[C@H](C)C(=O)O)C(=O)O. The molecule has 0 rings (SSSR count). The minimum atomic E-state index is -7.20. The Kier molecular flexibility index (Phi) is 7.00. The highest BCUT2D eigenvalue weighted by Gasteiger charge is 2.84. The van der Waals surface area contributed by atoms with Gasteiger partial charge in [-0.3, -0.25) is 19.2 Å². The Bertz CT molecular complexity index is 613. The fraction of sp³-hybridized carbons (Fsp3) is 0.667. The molecule has 16 heteroatoms. The molecule has 0 radical (unpaired) electrons. The van der Waals surface area contributed by atoms with E-state index in [0.29, 0.717) is 24.5 Å². The van der Waals surface area contributed by atoms with Crippen molar-refractivity contribution in [2.75, 3.05) is 0 Å². The number of carbonyl (C=O) groups is 4. The van der Waals surface area contributed by atoms with E-state index < -0.39 is 59.5 Å². The summed E-state index contributed by atoms with van der Waals surface area (Å²) in [7, 11) is 0. The Morgan fingerprint density at radius 1 is 0.643 bits per heavy atom. The molecule has 0 saturated heterocycles. The van der Waals surface area contributed by atoms with Crippen molar-refractivity contribution in [2.24, 2.45) is 0 Å². The van der Waals surface area contributed by atoms with Crippen molar-refractivity contribution >= 4 is 23.8 Å². The molecule has 0 spiro atoms. The molecule has 2 atom stereocenters. The lowest BCUT2D eigenvalue weighted by Crippen LogP contribution is -2.70. The molecule has 0 aliphatic heterocycles. The van der Waals surface area contributed by atoms with E-state index in [-0.39, 0.29) is 0 Å². The van der Waals surface area contributed by atoms with Crippen LogP contribution in [0.15, 0.2) is 0 Å². The van der Waals surface area contributed by atoms with Crippen molar-refractivity contribution in [3.8, 4) is 0 Å². The van der Waals surface area contributed by atoms with E-state index in [1.165, 1.54) is 0 Å². The summed E-state index contributed by atoms with van der Waals surface area (Å²) in [6.07, 6.45) is 0. The number of halogens is 8. The molecule has 4 N–H and O–H groups in total. The molecule has 0 heterocycles. The van der Waals surface area contributed by atoms with E-state index in [0.717, 1.165) is 0 Å². The summed E-state index contributed by atoms with van der Waals surface area (Å²) in [5.41, 5.74) is 0. The maximum Gasteiger partial charge on any atom is 0.392 e. The van der Waals surface area contributed by atoms with Crippen LogP contribution in [0.5, 0.6) is 0 Å². The van der Waals surface area contributed by atoms with Crippen molar-refractivity contribution in [1.29, 1.82) is 0 Å². The summed E-state index contributed by atoms with van der Waals surface area (Å²) < 4.78 is 108. The van der Waals surface area contributed by atoms with Gasteiger partial charge >= 0.3 is 35.6 Å². The Labute approximate surface area is 149 Å². The lowest BCUT2D eigenvalue weighted by Gasteiger charge is -2.35. The van der Waals surface area contributed by atoms with Gasteiger partial charge in [-0.2, -0.15) is 35.1 Å². The fourth-order valence-electron chi connectivity index (χ4n) is 1.38. The number of aliphatic carboxylic acids is 2. The van der Waals surface area contributed by atoms with Crippen LogP contribution in [0, 0.1) is 0 Å². The van der Waals surface area contributed by atoms with E-state index in [1.54, 1.807) is 0 Å². The third kappa shape index (κ3) is 4.24. The van der Waals surface area contributed by atoms with Gasteiger partial charge in [0, 0.05) is 0 Å². The van der Waals surface area contributed by atoms with E-state index in [2.05, 4.69) is 0 Å².